The van der Waals surface area contributed by atoms with Crippen LogP contribution in [0.4, 0.5) is 0 Å². The molecular formula is C14H16N2O3. The maximum atomic E-state index is 10.9. The Hall–Kier alpha value is -2.14. The van der Waals surface area contributed by atoms with Gasteiger partial charge in [-0.25, -0.2) is 4.79 Å². The Morgan fingerprint density at radius 1 is 1.47 bits per heavy atom. The lowest BCUT2D eigenvalue weighted by Gasteiger charge is -2.12. The molecule has 0 saturated heterocycles. The van der Waals surface area contributed by atoms with Gasteiger partial charge in [-0.15, -0.1) is 0 Å². The lowest BCUT2D eigenvalue weighted by atomic mass is 10.1. The minimum Gasteiger partial charge on any atom is -0.478 e. The fraction of sp³-hybridized carbons (Fsp3) is 0.286. The second-order valence-corrected chi connectivity index (χ2v) is 4.37. The molecule has 2 aromatic heterocycles. The number of nitrogens with zero attached hydrogens (tertiary/aromatic N) is 1. The van der Waals surface area contributed by atoms with Crippen molar-refractivity contribution in [3.63, 3.8) is 0 Å². The number of aromatic nitrogens is 1. The summed E-state index contributed by atoms with van der Waals surface area (Å²) in [6, 6.07) is 5.58. The van der Waals surface area contributed by atoms with Gasteiger partial charge in [-0.2, -0.15) is 0 Å². The van der Waals surface area contributed by atoms with Crippen molar-refractivity contribution in [2.24, 2.45) is 0 Å². The predicted molar refractivity (Wildman–Crippen MR) is 69.9 cm³/mol. The van der Waals surface area contributed by atoms with Gasteiger partial charge in [-0.05, 0) is 37.6 Å². The molecule has 5 nitrogen and oxygen atoms in total. The van der Waals surface area contributed by atoms with E-state index in [2.05, 4.69) is 10.3 Å². The number of hydrogen-bond donors (Lipinski definition) is 2. The Balaban J connectivity index is 1.99. The fourth-order valence-corrected chi connectivity index (χ4v) is 1.87. The number of rotatable bonds is 5. The summed E-state index contributed by atoms with van der Waals surface area (Å²) in [5, 5.41) is 12.2. The van der Waals surface area contributed by atoms with Crippen LogP contribution in [0.1, 0.15) is 40.4 Å². The van der Waals surface area contributed by atoms with Gasteiger partial charge in [0.05, 0.1) is 6.54 Å². The highest BCUT2D eigenvalue weighted by molar-refractivity contribution is 5.88. The van der Waals surface area contributed by atoms with Crippen LogP contribution in [0.5, 0.6) is 0 Å². The molecule has 0 fully saturated rings. The summed E-state index contributed by atoms with van der Waals surface area (Å²) < 4.78 is 5.41. The maximum absolute atomic E-state index is 10.9. The zero-order valence-electron chi connectivity index (χ0n) is 10.9. The first-order chi connectivity index (χ1) is 9.08. The Morgan fingerprint density at radius 3 is 2.74 bits per heavy atom. The van der Waals surface area contributed by atoms with Crippen LogP contribution in [0.25, 0.3) is 0 Å². The van der Waals surface area contributed by atoms with Crippen molar-refractivity contribution in [1.82, 2.24) is 10.3 Å². The summed E-state index contributed by atoms with van der Waals surface area (Å²) in [6.45, 7) is 4.17. The summed E-state index contributed by atoms with van der Waals surface area (Å²) in [7, 11) is 0. The van der Waals surface area contributed by atoms with E-state index >= 15 is 0 Å². The zero-order valence-corrected chi connectivity index (χ0v) is 10.9. The zero-order chi connectivity index (χ0) is 13.8. The van der Waals surface area contributed by atoms with E-state index in [-0.39, 0.29) is 11.6 Å². The van der Waals surface area contributed by atoms with E-state index < -0.39 is 5.97 Å². The molecule has 0 spiro atoms. The van der Waals surface area contributed by atoms with E-state index in [4.69, 9.17) is 9.52 Å². The van der Waals surface area contributed by atoms with Gasteiger partial charge in [0.25, 0.3) is 0 Å². The van der Waals surface area contributed by atoms with Crippen molar-refractivity contribution >= 4 is 5.97 Å². The first-order valence-corrected chi connectivity index (χ1v) is 6.04. The normalized spacial score (nSPS) is 12.3. The lowest BCUT2D eigenvalue weighted by Crippen LogP contribution is -2.17. The van der Waals surface area contributed by atoms with Crippen LogP contribution in [-0.4, -0.2) is 16.1 Å². The Bertz CT molecular complexity index is 563. The summed E-state index contributed by atoms with van der Waals surface area (Å²) in [5.74, 6) is 0.0892. The quantitative estimate of drug-likeness (QED) is 0.864. The van der Waals surface area contributed by atoms with Gasteiger partial charge in [-0.3, -0.25) is 4.98 Å². The summed E-state index contributed by atoms with van der Waals surface area (Å²) in [6.07, 6.45) is 3.49. The van der Waals surface area contributed by atoms with Gasteiger partial charge in [0.2, 0.25) is 0 Å². The monoisotopic (exact) mass is 260 g/mol. The molecule has 0 saturated carbocycles. The third kappa shape index (κ3) is 3.20. The highest BCUT2D eigenvalue weighted by atomic mass is 16.4. The van der Waals surface area contributed by atoms with Crippen molar-refractivity contribution in [2.45, 2.75) is 26.4 Å². The van der Waals surface area contributed by atoms with E-state index in [0.29, 0.717) is 18.1 Å². The van der Waals surface area contributed by atoms with Crippen LogP contribution < -0.4 is 5.32 Å². The Kier molecular flexibility index (Phi) is 3.97. The molecule has 0 radical (unpaired) electrons. The number of nitrogens with one attached hydrogen (secondary N) is 1. The minimum absolute atomic E-state index is 0.140. The van der Waals surface area contributed by atoms with Crippen molar-refractivity contribution in [2.75, 3.05) is 0 Å². The Morgan fingerprint density at radius 2 is 2.16 bits per heavy atom. The second kappa shape index (κ2) is 5.67. The molecular weight excluding hydrogens is 244 g/mol. The molecule has 2 N–H and O–H groups in total. The molecule has 100 valence electrons. The number of aromatic carboxylic acids is 1. The molecule has 1 atom stereocenters. The average molecular weight is 260 g/mol. The maximum Gasteiger partial charge on any atom is 0.339 e. The number of furan rings is 1. The summed E-state index contributed by atoms with van der Waals surface area (Å²) >= 11 is 0. The molecule has 5 heteroatoms. The largest absolute Gasteiger partial charge is 0.478 e. The molecule has 2 aromatic rings. The molecule has 0 aliphatic heterocycles. The molecule has 19 heavy (non-hydrogen) atoms. The van der Waals surface area contributed by atoms with Crippen molar-refractivity contribution in [3.8, 4) is 0 Å². The van der Waals surface area contributed by atoms with Crippen LogP contribution in [0, 0.1) is 6.92 Å². The lowest BCUT2D eigenvalue weighted by molar-refractivity contribution is 0.0695. The SMILES string of the molecule is Cc1oc(CN[C@@H](C)c2ccncc2)cc1C(=O)O. The molecule has 2 rings (SSSR count). The van der Waals surface area contributed by atoms with Crippen LogP contribution in [0.3, 0.4) is 0 Å². The van der Waals surface area contributed by atoms with E-state index in [1.165, 1.54) is 0 Å². The topological polar surface area (TPSA) is 75.4 Å². The molecule has 0 aliphatic rings. The van der Waals surface area contributed by atoms with Crippen LogP contribution in [0.15, 0.2) is 35.0 Å². The van der Waals surface area contributed by atoms with Gasteiger partial charge in [0.15, 0.2) is 0 Å². The highest BCUT2D eigenvalue weighted by Crippen LogP contribution is 2.16. The first-order valence-electron chi connectivity index (χ1n) is 6.04. The van der Waals surface area contributed by atoms with E-state index in [1.807, 2.05) is 19.1 Å². The molecule has 0 amide bonds. The first kappa shape index (κ1) is 13.3. The smallest absolute Gasteiger partial charge is 0.339 e. The molecule has 0 aliphatic carbocycles. The van der Waals surface area contributed by atoms with Crippen molar-refractivity contribution in [3.05, 3.63) is 53.2 Å². The number of aryl methyl sites for hydroxylation is 1. The summed E-state index contributed by atoms with van der Waals surface area (Å²) in [5.41, 5.74) is 1.34. The van der Waals surface area contributed by atoms with Gasteiger partial charge in [-0.1, -0.05) is 0 Å². The third-order valence-corrected chi connectivity index (χ3v) is 2.99. The second-order valence-electron chi connectivity index (χ2n) is 4.37. The number of carbonyl (C=O) groups is 1. The van der Waals surface area contributed by atoms with E-state index in [9.17, 15) is 4.79 Å². The van der Waals surface area contributed by atoms with Crippen molar-refractivity contribution < 1.29 is 14.3 Å². The number of hydrogen-bond acceptors (Lipinski definition) is 4. The number of pyridine rings is 1. The third-order valence-electron chi connectivity index (χ3n) is 2.99. The van der Waals surface area contributed by atoms with Gasteiger partial charge >= 0.3 is 5.97 Å². The molecule has 2 heterocycles. The standard InChI is InChI=1S/C14H16N2O3/c1-9(11-3-5-15-6-4-11)16-8-12-7-13(14(17)18)10(2)19-12/h3-7,9,16H,8H2,1-2H3,(H,17,18)/t9-/m0/s1. The average Bonchev–Trinajstić information content (AvgIpc) is 2.78. The molecule has 0 aromatic carbocycles. The van der Waals surface area contributed by atoms with E-state index in [0.717, 1.165) is 5.56 Å². The van der Waals surface area contributed by atoms with Gasteiger partial charge < -0.3 is 14.8 Å². The number of carboxylic acids is 1. The minimum atomic E-state index is -0.963. The van der Waals surface area contributed by atoms with Crippen LogP contribution in [-0.2, 0) is 6.54 Å². The highest BCUT2D eigenvalue weighted by Gasteiger charge is 2.14. The van der Waals surface area contributed by atoms with Gasteiger partial charge in [0, 0.05) is 18.4 Å². The fourth-order valence-electron chi connectivity index (χ4n) is 1.87. The molecule has 0 bridgehead atoms. The number of carboxylic acid groups (broad SMARTS) is 1. The van der Waals surface area contributed by atoms with Crippen LogP contribution >= 0.6 is 0 Å². The van der Waals surface area contributed by atoms with Crippen molar-refractivity contribution in [1.29, 1.82) is 0 Å². The van der Waals surface area contributed by atoms with Crippen LogP contribution in [0.2, 0.25) is 0 Å². The van der Waals surface area contributed by atoms with Gasteiger partial charge in [0.1, 0.15) is 17.1 Å². The summed E-state index contributed by atoms with van der Waals surface area (Å²) in [4.78, 5) is 14.9. The van der Waals surface area contributed by atoms with E-state index in [1.54, 1.807) is 25.4 Å². The Labute approximate surface area is 111 Å². The predicted octanol–water partition coefficient (Wildman–Crippen LogP) is 2.53. The molecule has 0 unspecified atom stereocenters.